The van der Waals surface area contributed by atoms with Gasteiger partial charge in [0, 0.05) is 17.7 Å². The van der Waals surface area contributed by atoms with Gasteiger partial charge in [0.15, 0.2) is 11.5 Å². The van der Waals surface area contributed by atoms with E-state index in [2.05, 4.69) is 17.2 Å². The van der Waals surface area contributed by atoms with Gasteiger partial charge in [0.1, 0.15) is 11.5 Å². The van der Waals surface area contributed by atoms with E-state index in [1.54, 1.807) is 23.5 Å². The largest absolute Gasteiger partial charge is 0.493 e. The summed E-state index contributed by atoms with van der Waals surface area (Å²) in [6, 6.07) is 17.7. The van der Waals surface area contributed by atoms with Crippen molar-refractivity contribution in [2.75, 3.05) is 20.8 Å². The number of amides is 1. The van der Waals surface area contributed by atoms with Crippen LogP contribution in [0.5, 0.6) is 17.2 Å². The Morgan fingerprint density at radius 2 is 1.74 bits per heavy atom. The summed E-state index contributed by atoms with van der Waals surface area (Å²) in [5.74, 6) is 1.62. The van der Waals surface area contributed by atoms with Crippen molar-refractivity contribution in [3.63, 3.8) is 0 Å². The van der Waals surface area contributed by atoms with Crippen LogP contribution in [0, 0.1) is 0 Å². The third kappa shape index (κ3) is 5.66. The van der Waals surface area contributed by atoms with Gasteiger partial charge < -0.3 is 24.5 Å². The number of carbonyl (C=O) groups excluding carboxylic acids is 1. The van der Waals surface area contributed by atoms with Crippen molar-refractivity contribution in [3.05, 3.63) is 60.0 Å². The van der Waals surface area contributed by atoms with Gasteiger partial charge in [-0.05, 0) is 30.0 Å². The van der Waals surface area contributed by atoms with Gasteiger partial charge in [-0.25, -0.2) is 9.78 Å². The van der Waals surface area contributed by atoms with E-state index in [1.807, 2.05) is 47.8 Å². The minimum atomic E-state index is -0.546. The van der Waals surface area contributed by atoms with Crippen molar-refractivity contribution in [1.82, 2.24) is 15.3 Å². The van der Waals surface area contributed by atoms with Crippen LogP contribution in [-0.4, -0.2) is 36.8 Å². The third-order valence-electron chi connectivity index (χ3n) is 5.50. The number of rotatable bonds is 10. The van der Waals surface area contributed by atoms with Crippen LogP contribution in [0.25, 0.3) is 33.2 Å². The molecule has 4 aromatic rings. The van der Waals surface area contributed by atoms with Gasteiger partial charge in [0.2, 0.25) is 5.75 Å². The molecule has 182 valence electrons. The van der Waals surface area contributed by atoms with E-state index in [1.165, 1.54) is 14.2 Å². The second-order valence-corrected chi connectivity index (χ2v) is 8.83. The van der Waals surface area contributed by atoms with Gasteiger partial charge in [-0.2, -0.15) is 0 Å². The Morgan fingerprint density at radius 3 is 2.37 bits per heavy atom. The lowest BCUT2D eigenvalue weighted by atomic mass is 10.1. The highest BCUT2D eigenvalue weighted by atomic mass is 32.1. The van der Waals surface area contributed by atoms with Crippen LogP contribution in [0.15, 0.2) is 60.0 Å². The molecule has 2 aromatic carbocycles. The maximum Gasteiger partial charge on any atom is 0.412 e. The molecule has 0 atom stereocenters. The number of aromatic nitrogens is 2. The highest BCUT2D eigenvalue weighted by Gasteiger charge is 2.21. The molecule has 2 N–H and O–H groups in total. The molecule has 8 heteroatoms. The summed E-state index contributed by atoms with van der Waals surface area (Å²) in [5.41, 5.74) is 3.57. The first kappa shape index (κ1) is 24.3. The van der Waals surface area contributed by atoms with Gasteiger partial charge in [-0.15, -0.1) is 11.3 Å². The molecule has 0 fully saturated rings. The number of nitrogens with one attached hydrogen (secondary N) is 2. The molecule has 35 heavy (non-hydrogen) atoms. The fourth-order valence-electron chi connectivity index (χ4n) is 3.73. The highest BCUT2D eigenvalue weighted by Crippen LogP contribution is 2.42. The number of aromatic amines is 1. The quantitative estimate of drug-likeness (QED) is 0.239. The van der Waals surface area contributed by atoms with Crippen molar-refractivity contribution in [3.8, 4) is 50.5 Å². The van der Waals surface area contributed by atoms with E-state index in [0.717, 1.165) is 46.7 Å². The SMILES string of the molecule is CCCCCNC(=O)Oc1c(OC)cc(-c2nc(-c3cccs3)c(-c3ccccc3)[nH]2)cc1OC. The topological polar surface area (TPSA) is 85.5 Å². The summed E-state index contributed by atoms with van der Waals surface area (Å²) < 4.78 is 16.7. The number of unbranched alkanes of at least 4 members (excludes halogenated alkanes) is 2. The van der Waals surface area contributed by atoms with E-state index < -0.39 is 6.09 Å². The molecule has 0 saturated carbocycles. The third-order valence-corrected chi connectivity index (χ3v) is 6.38. The first-order chi connectivity index (χ1) is 17.1. The molecule has 0 unspecified atom stereocenters. The van der Waals surface area contributed by atoms with E-state index in [4.69, 9.17) is 19.2 Å². The molecule has 2 heterocycles. The van der Waals surface area contributed by atoms with Crippen molar-refractivity contribution < 1.29 is 19.0 Å². The molecule has 0 aliphatic rings. The van der Waals surface area contributed by atoms with Gasteiger partial charge in [0.25, 0.3) is 0 Å². The Balaban J connectivity index is 1.69. The van der Waals surface area contributed by atoms with Crippen LogP contribution >= 0.6 is 11.3 Å². The lowest BCUT2D eigenvalue weighted by Gasteiger charge is -2.15. The predicted molar refractivity (Wildman–Crippen MR) is 139 cm³/mol. The normalized spacial score (nSPS) is 10.7. The molecule has 4 rings (SSSR count). The molecular formula is C27H29N3O4S. The number of imidazole rings is 1. The average Bonchev–Trinajstić information content (AvgIpc) is 3.57. The molecule has 0 saturated heterocycles. The van der Waals surface area contributed by atoms with E-state index in [-0.39, 0.29) is 5.75 Å². The van der Waals surface area contributed by atoms with Crippen molar-refractivity contribution >= 4 is 17.4 Å². The van der Waals surface area contributed by atoms with Crippen molar-refractivity contribution in [2.24, 2.45) is 0 Å². The van der Waals surface area contributed by atoms with Crippen LogP contribution in [0.1, 0.15) is 26.2 Å². The smallest absolute Gasteiger partial charge is 0.412 e. The molecule has 0 bridgehead atoms. The van der Waals surface area contributed by atoms with Crippen LogP contribution in [0.4, 0.5) is 4.79 Å². The molecule has 1 amide bonds. The number of ether oxygens (including phenoxy) is 3. The summed E-state index contributed by atoms with van der Waals surface area (Å²) in [4.78, 5) is 21.8. The van der Waals surface area contributed by atoms with Gasteiger partial charge in [-0.1, -0.05) is 56.2 Å². The number of hydrogen-bond donors (Lipinski definition) is 2. The molecule has 0 spiro atoms. The molecule has 0 aliphatic carbocycles. The Bertz CT molecular complexity index is 1230. The lowest BCUT2D eigenvalue weighted by molar-refractivity contribution is 0.196. The Morgan fingerprint density at radius 1 is 1.00 bits per heavy atom. The first-order valence-electron chi connectivity index (χ1n) is 11.6. The molecule has 7 nitrogen and oxygen atoms in total. The minimum absolute atomic E-state index is 0.222. The van der Waals surface area contributed by atoms with Gasteiger partial charge in [0.05, 0.1) is 24.8 Å². The summed E-state index contributed by atoms with van der Waals surface area (Å²) >= 11 is 1.63. The Hall–Kier alpha value is -3.78. The highest BCUT2D eigenvalue weighted by molar-refractivity contribution is 7.13. The Labute approximate surface area is 209 Å². The van der Waals surface area contributed by atoms with E-state index >= 15 is 0 Å². The molecule has 2 aromatic heterocycles. The fraction of sp³-hybridized carbons (Fsp3) is 0.259. The number of carbonyl (C=O) groups is 1. The summed E-state index contributed by atoms with van der Waals surface area (Å²) in [7, 11) is 3.05. The van der Waals surface area contributed by atoms with E-state index in [0.29, 0.717) is 23.9 Å². The maximum atomic E-state index is 12.3. The second-order valence-electron chi connectivity index (χ2n) is 7.89. The van der Waals surface area contributed by atoms with Gasteiger partial charge in [-0.3, -0.25) is 0 Å². The molecule has 0 aliphatic heterocycles. The first-order valence-corrected chi connectivity index (χ1v) is 12.4. The summed E-state index contributed by atoms with van der Waals surface area (Å²) in [5, 5.41) is 4.80. The fourth-order valence-corrected chi connectivity index (χ4v) is 4.45. The minimum Gasteiger partial charge on any atom is -0.493 e. The molecular weight excluding hydrogens is 462 g/mol. The lowest BCUT2D eigenvalue weighted by Crippen LogP contribution is -2.28. The standard InChI is InChI=1S/C27H29N3O4S/c1-4-5-9-14-28-27(31)34-25-20(32-2)16-19(17-21(25)33-3)26-29-23(18-11-7-6-8-12-18)24(30-26)22-13-10-15-35-22/h6-8,10-13,15-17H,4-5,9,14H2,1-3H3,(H,28,31)(H,29,30). The van der Waals surface area contributed by atoms with Crippen LogP contribution in [0.3, 0.4) is 0 Å². The Kier molecular flexibility index (Phi) is 8.05. The number of nitrogens with zero attached hydrogens (tertiary/aromatic N) is 1. The molecule has 0 radical (unpaired) electrons. The zero-order valence-corrected chi connectivity index (χ0v) is 20.9. The number of methoxy groups -OCH3 is 2. The van der Waals surface area contributed by atoms with Crippen LogP contribution in [0.2, 0.25) is 0 Å². The summed E-state index contributed by atoms with van der Waals surface area (Å²) in [6.45, 7) is 2.66. The zero-order chi connectivity index (χ0) is 24.6. The summed E-state index contributed by atoms with van der Waals surface area (Å²) in [6.07, 6.45) is 2.47. The number of H-pyrrole nitrogens is 1. The van der Waals surface area contributed by atoms with Crippen molar-refractivity contribution in [1.29, 1.82) is 0 Å². The van der Waals surface area contributed by atoms with Crippen molar-refractivity contribution in [2.45, 2.75) is 26.2 Å². The number of hydrogen-bond acceptors (Lipinski definition) is 6. The zero-order valence-electron chi connectivity index (χ0n) is 20.1. The number of thiophene rings is 1. The van der Waals surface area contributed by atoms with Gasteiger partial charge >= 0.3 is 6.09 Å². The number of benzene rings is 2. The predicted octanol–water partition coefficient (Wildman–Crippen LogP) is 6.77. The van der Waals surface area contributed by atoms with Crippen LogP contribution < -0.4 is 19.5 Å². The average molecular weight is 492 g/mol. The van der Waals surface area contributed by atoms with Crippen LogP contribution in [-0.2, 0) is 0 Å². The second kappa shape index (κ2) is 11.6. The van der Waals surface area contributed by atoms with E-state index in [9.17, 15) is 4.79 Å². The maximum absolute atomic E-state index is 12.3. The monoisotopic (exact) mass is 491 g/mol.